The Labute approximate surface area is 111 Å². The molecule has 0 spiro atoms. The number of carbonyl (C=O) groups is 1. The van der Waals surface area contributed by atoms with E-state index < -0.39 is 0 Å². The van der Waals surface area contributed by atoms with Crippen LogP contribution in [0.1, 0.15) is 33.6 Å². The van der Waals surface area contributed by atoms with Crippen LogP contribution in [0.3, 0.4) is 0 Å². The van der Waals surface area contributed by atoms with Crippen molar-refractivity contribution in [3.63, 3.8) is 0 Å². The molecular formula is C16H23NO. The second kappa shape index (κ2) is 11.7. The highest BCUT2D eigenvalue weighted by atomic mass is 16.1. The molecule has 1 amide bonds. The van der Waals surface area contributed by atoms with Gasteiger partial charge in [-0.05, 0) is 25.3 Å². The fourth-order valence-corrected chi connectivity index (χ4v) is 1.05. The number of unbranched alkanes of at least 4 members (excludes halogenated alkanes) is 1. The molecule has 0 aliphatic rings. The molecule has 98 valence electrons. The van der Waals surface area contributed by atoms with E-state index in [-0.39, 0.29) is 5.91 Å². The van der Waals surface area contributed by atoms with Gasteiger partial charge in [-0.2, -0.15) is 0 Å². The summed E-state index contributed by atoms with van der Waals surface area (Å²) in [6, 6.07) is 0. The molecule has 0 saturated carbocycles. The number of amides is 1. The van der Waals surface area contributed by atoms with Gasteiger partial charge in [-0.1, -0.05) is 50.0 Å². The molecule has 2 nitrogen and oxygen atoms in total. The maximum atomic E-state index is 11.3. The average Bonchev–Trinajstić information content (AvgIpc) is 2.34. The second-order valence-corrected chi connectivity index (χ2v) is 4.29. The molecule has 0 aromatic carbocycles. The van der Waals surface area contributed by atoms with E-state index in [1.54, 1.807) is 12.2 Å². The first-order valence-electron chi connectivity index (χ1n) is 6.37. The zero-order chi connectivity index (χ0) is 13.6. The Balaban J connectivity index is 3.69. The van der Waals surface area contributed by atoms with Crippen molar-refractivity contribution in [3.8, 4) is 11.8 Å². The normalized spacial score (nSPS) is 11.3. The molecule has 0 unspecified atom stereocenters. The third kappa shape index (κ3) is 12.3. The molecule has 0 aliphatic carbocycles. The molecule has 0 fully saturated rings. The molecular weight excluding hydrogens is 222 g/mol. The molecule has 0 radical (unpaired) electrons. The SMILES string of the molecule is C/C=C/C#CCC/C=C\C=C\C(=O)NCC(C)C. The van der Waals surface area contributed by atoms with Crippen molar-refractivity contribution in [1.29, 1.82) is 0 Å². The predicted octanol–water partition coefficient (Wildman–Crippen LogP) is 3.23. The summed E-state index contributed by atoms with van der Waals surface area (Å²) < 4.78 is 0. The van der Waals surface area contributed by atoms with Gasteiger partial charge in [-0.15, -0.1) is 0 Å². The van der Waals surface area contributed by atoms with Crippen LogP contribution in [0.4, 0.5) is 0 Å². The monoisotopic (exact) mass is 245 g/mol. The van der Waals surface area contributed by atoms with Gasteiger partial charge in [0.15, 0.2) is 0 Å². The number of carbonyl (C=O) groups excluding carboxylic acids is 1. The summed E-state index contributed by atoms with van der Waals surface area (Å²) in [6.07, 6.45) is 12.7. The largest absolute Gasteiger partial charge is 0.352 e. The molecule has 0 heterocycles. The third-order valence-electron chi connectivity index (χ3n) is 1.97. The van der Waals surface area contributed by atoms with Gasteiger partial charge >= 0.3 is 0 Å². The van der Waals surface area contributed by atoms with Gasteiger partial charge in [-0.25, -0.2) is 0 Å². The number of nitrogens with one attached hydrogen (secondary N) is 1. The van der Waals surface area contributed by atoms with Crippen LogP contribution in [0.2, 0.25) is 0 Å². The fraction of sp³-hybridized carbons (Fsp3) is 0.438. The van der Waals surface area contributed by atoms with Crippen molar-refractivity contribution in [2.45, 2.75) is 33.6 Å². The van der Waals surface area contributed by atoms with Crippen molar-refractivity contribution in [2.75, 3.05) is 6.54 Å². The van der Waals surface area contributed by atoms with Crippen molar-refractivity contribution < 1.29 is 4.79 Å². The Morgan fingerprint density at radius 2 is 2.11 bits per heavy atom. The molecule has 18 heavy (non-hydrogen) atoms. The smallest absolute Gasteiger partial charge is 0.243 e. The van der Waals surface area contributed by atoms with Gasteiger partial charge in [0.1, 0.15) is 0 Å². The van der Waals surface area contributed by atoms with Crippen molar-refractivity contribution in [1.82, 2.24) is 5.32 Å². The van der Waals surface area contributed by atoms with E-state index in [1.165, 1.54) is 0 Å². The minimum Gasteiger partial charge on any atom is -0.352 e. The molecule has 2 heteroatoms. The summed E-state index contributed by atoms with van der Waals surface area (Å²) in [6.45, 7) is 6.80. The van der Waals surface area contributed by atoms with Gasteiger partial charge < -0.3 is 5.32 Å². The molecule has 0 rings (SSSR count). The van der Waals surface area contributed by atoms with Crippen molar-refractivity contribution >= 4 is 5.91 Å². The van der Waals surface area contributed by atoms with E-state index in [0.717, 1.165) is 12.8 Å². The van der Waals surface area contributed by atoms with Gasteiger partial charge in [0.2, 0.25) is 5.91 Å². The van der Waals surface area contributed by atoms with E-state index in [4.69, 9.17) is 0 Å². The Bertz CT molecular complexity index is 364. The molecule has 0 atom stereocenters. The zero-order valence-electron chi connectivity index (χ0n) is 11.6. The van der Waals surface area contributed by atoms with Crippen LogP contribution in [-0.2, 0) is 4.79 Å². The lowest BCUT2D eigenvalue weighted by atomic mass is 10.2. The van der Waals surface area contributed by atoms with Crippen LogP contribution < -0.4 is 5.32 Å². The van der Waals surface area contributed by atoms with E-state index in [1.807, 2.05) is 31.2 Å². The van der Waals surface area contributed by atoms with Crippen LogP contribution in [0, 0.1) is 17.8 Å². The Kier molecular flexibility index (Phi) is 10.6. The van der Waals surface area contributed by atoms with E-state index in [2.05, 4.69) is 31.0 Å². The summed E-state index contributed by atoms with van der Waals surface area (Å²) >= 11 is 0. The summed E-state index contributed by atoms with van der Waals surface area (Å²) in [4.78, 5) is 11.3. The quantitative estimate of drug-likeness (QED) is 0.331. The first-order chi connectivity index (χ1) is 8.66. The molecule has 0 aliphatic heterocycles. The Morgan fingerprint density at radius 3 is 2.78 bits per heavy atom. The minimum atomic E-state index is -0.0405. The van der Waals surface area contributed by atoms with Gasteiger partial charge in [0.05, 0.1) is 0 Å². The lowest BCUT2D eigenvalue weighted by Crippen LogP contribution is -2.25. The molecule has 1 N–H and O–H groups in total. The number of hydrogen-bond acceptors (Lipinski definition) is 1. The standard InChI is InChI=1S/C16H23NO/c1-4-5-6-7-8-9-10-11-12-13-16(18)17-14-15(2)3/h4-5,10-13,15H,8-9,14H2,1-3H3,(H,17,18)/b5-4+,11-10-,13-12+. The molecule has 0 saturated heterocycles. The third-order valence-corrected chi connectivity index (χ3v) is 1.97. The van der Waals surface area contributed by atoms with E-state index in [9.17, 15) is 4.79 Å². The van der Waals surface area contributed by atoms with Crippen LogP contribution >= 0.6 is 0 Å². The molecule has 0 aromatic rings. The maximum absolute atomic E-state index is 11.3. The highest BCUT2D eigenvalue weighted by molar-refractivity contribution is 5.87. The first kappa shape index (κ1) is 16.2. The van der Waals surface area contributed by atoms with E-state index >= 15 is 0 Å². The maximum Gasteiger partial charge on any atom is 0.243 e. The number of allylic oxidation sites excluding steroid dienone is 5. The molecule has 0 bridgehead atoms. The van der Waals surface area contributed by atoms with Gasteiger partial charge in [0.25, 0.3) is 0 Å². The number of hydrogen-bond donors (Lipinski definition) is 1. The van der Waals surface area contributed by atoms with Crippen LogP contribution in [0.15, 0.2) is 36.5 Å². The zero-order valence-corrected chi connectivity index (χ0v) is 11.6. The fourth-order valence-electron chi connectivity index (χ4n) is 1.05. The molecule has 0 aromatic heterocycles. The highest BCUT2D eigenvalue weighted by Crippen LogP contribution is 1.90. The topological polar surface area (TPSA) is 29.1 Å². The minimum absolute atomic E-state index is 0.0405. The van der Waals surface area contributed by atoms with E-state index in [0.29, 0.717) is 12.5 Å². The Hall–Kier alpha value is -1.75. The van der Waals surface area contributed by atoms with Crippen LogP contribution in [-0.4, -0.2) is 12.5 Å². The number of rotatable bonds is 6. The lowest BCUT2D eigenvalue weighted by molar-refractivity contribution is -0.116. The summed E-state index contributed by atoms with van der Waals surface area (Å²) in [5, 5.41) is 2.82. The van der Waals surface area contributed by atoms with Gasteiger partial charge in [-0.3, -0.25) is 4.79 Å². The van der Waals surface area contributed by atoms with Crippen LogP contribution in [0.25, 0.3) is 0 Å². The highest BCUT2D eigenvalue weighted by Gasteiger charge is 1.95. The average molecular weight is 245 g/mol. The predicted molar refractivity (Wildman–Crippen MR) is 78.0 cm³/mol. The first-order valence-corrected chi connectivity index (χ1v) is 6.37. The van der Waals surface area contributed by atoms with Gasteiger partial charge in [0, 0.05) is 19.0 Å². The second-order valence-electron chi connectivity index (χ2n) is 4.29. The lowest BCUT2D eigenvalue weighted by Gasteiger charge is -2.03. The summed E-state index contributed by atoms with van der Waals surface area (Å²) in [5.74, 6) is 6.39. The van der Waals surface area contributed by atoms with Crippen molar-refractivity contribution in [2.24, 2.45) is 5.92 Å². The Morgan fingerprint density at radius 1 is 1.33 bits per heavy atom. The van der Waals surface area contributed by atoms with Crippen LogP contribution in [0.5, 0.6) is 0 Å². The summed E-state index contributed by atoms with van der Waals surface area (Å²) in [5.41, 5.74) is 0. The van der Waals surface area contributed by atoms with Crippen molar-refractivity contribution in [3.05, 3.63) is 36.5 Å². The summed E-state index contributed by atoms with van der Waals surface area (Å²) in [7, 11) is 0.